The zero-order valence-electron chi connectivity index (χ0n) is 9.90. The van der Waals surface area contributed by atoms with Gasteiger partial charge in [0, 0.05) is 6.04 Å². The standard InChI is InChI=1S/C12H15ClF3N/c1-11(2,3)10(17)7-4-5-9(13)8(6-7)12(14,15)16/h4-6,10H,17H2,1-3H3/t10-/m1/s1. The number of halogens is 4. The molecule has 0 heterocycles. The highest BCUT2D eigenvalue weighted by atomic mass is 35.5. The molecule has 0 aromatic heterocycles. The van der Waals surface area contributed by atoms with Crippen molar-refractivity contribution in [2.75, 3.05) is 0 Å². The molecule has 0 radical (unpaired) electrons. The summed E-state index contributed by atoms with van der Waals surface area (Å²) < 4.78 is 38.0. The highest BCUT2D eigenvalue weighted by Crippen LogP contribution is 2.38. The first-order valence-corrected chi connectivity index (χ1v) is 5.53. The van der Waals surface area contributed by atoms with Crippen molar-refractivity contribution in [3.8, 4) is 0 Å². The summed E-state index contributed by atoms with van der Waals surface area (Å²) in [7, 11) is 0. The average molecular weight is 266 g/mol. The Bertz CT molecular complexity index is 407. The summed E-state index contributed by atoms with van der Waals surface area (Å²) in [6.45, 7) is 5.62. The van der Waals surface area contributed by atoms with Crippen LogP contribution in [0.25, 0.3) is 0 Å². The Kier molecular flexibility index (Phi) is 3.79. The molecule has 5 heteroatoms. The minimum Gasteiger partial charge on any atom is -0.324 e. The first-order chi connectivity index (χ1) is 7.53. The minimum absolute atomic E-state index is 0.303. The molecule has 0 unspecified atom stereocenters. The van der Waals surface area contributed by atoms with Crippen molar-refractivity contribution in [3.63, 3.8) is 0 Å². The molecule has 0 saturated carbocycles. The lowest BCUT2D eigenvalue weighted by molar-refractivity contribution is -0.137. The first kappa shape index (κ1) is 14.3. The normalized spacial score (nSPS) is 14.8. The molecule has 0 aliphatic heterocycles. The molecule has 0 fully saturated rings. The third kappa shape index (κ3) is 3.36. The van der Waals surface area contributed by atoms with Crippen LogP contribution in [0.15, 0.2) is 18.2 Å². The van der Waals surface area contributed by atoms with E-state index in [-0.39, 0.29) is 10.4 Å². The van der Waals surface area contributed by atoms with Gasteiger partial charge in [-0.25, -0.2) is 0 Å². The highest BCUT2D eigenvalue weighted by Gasteiger charge is 2.34. The van der Waals surface area contributed by atoms with Gasteiger partial charge in [-0.05, 0) is 23.1 Å². The summed E-state index contributed by atoms with van der Waals surface area (Å²) in [5.74, 6) is 0. The lowest BCUT2D eigenvalue weighted by Crippen LogP contribution is -2.26. The Hall–Kier alpha value is -0.740. The van der Waals surface area contributed by atoms with Crippen LogP contribution in [0.5, 0.6) is 0 Å². The van der Waals surface area contributed by atoms with Crippen LogP contribution in [-0.4, -0.2) is 0 Å². The predicted octanol–water partition coefficient (Wildman–Crippen LogP) is 4.40. The van der Waals surface area contributed by atoms with Crippen molar-refractivity contribution in [2.24, 2.45) is 11.1 Å². The monoisotopic (exact) mass is 265 g/mol. The van der Waals surface area contributed by atoms with Gasteiger partial charge in [0.2, 0.25) is 0 Å². The van der Waals surface area contributed by atoms with Crippen LogP contribution in [0.2, 0.25) is 5.02 Å². The van der Waals surface area contributed by atoms with Crippen LogP contribution in [0.3, 0.4) is 0 Å². The van der Waals surface area contributed by atoms with Crippen LogP contribution in [0.1, 0.15) is 37.9 Å². The third-order valence-electron chi connectivity index (χ3n) is 2.59. The maximum absolute atomic E-state index is 12.7. The second kappa shape index (κ2) is 4.50. The molecule has 17 heavy (non-hydrogen) atoms. The van der Waals surface area contributed by atoms with Gasteiger partial charge >= 0.3 is 6.18 Å². The number of hydrogen-bond acceptors (Lipinski definition) is 1. The van der Waals surface area contributed by atoms with Gasteiger partial charge < -0.3 is 5.73 Å². The molecule has 1 aromatic carbocycles. The van der Waals surface area contributed by atoms with Crippen LogP contribution in [0.4, 0.5) is 13.2 Å². The number of alkyl halides is 3. The fraction of sp³-hybridized carbons (Fsp3) is 0.500. The fourth-order valence-electron chi connectivity index (χ4n) is 1.45. The molecular formula is C12H15ClF3N. The van der Waals surface area contributed by atoms with Gasteiger partial charge in [0.15, 0.2) is 0 Å². The summed E-state index contributed by atoms with van der Waals surface area (Å²) in [5.41, 5.74) is 5.22. The molecule has 1 atom stereocenters. The summed E-state index contributed by atoms with van der Waals surface area (Å²) in [5, 5.41) is -0.303. The largest absolute Gasteiger partial charge is 0.417 e. The van der Waals surface area contributed by atoms with Crippen LogP contribution in [-0.2, 0) is 6.18 Å². The SMILES string of the molecule is CC(C)(C)[C@H](N)c1ccc(Cl)c(C(F)(F)F)c1. The lowest BCUT2D eigenvalue weighted by Gasteiger charge is -2.28. The lowest BCUT2D eigenvalue weighted by atomic mass is 9.82. The summed E-state index contributed by atoms with van der Waals surface area (Å²) in [6, 6.07) is 3.33. The van der Waals surface area contributed by atoms with Crippen LogP contribution in [0, 0.1) is 5.41 Å². The fourth-order valence-corrected chi connectivity index (χ4v) is 1.68. The Labute approximate surface area is 104 Å². The Morgan fingerprint density at radius 3 is 2.12 bits per heavy atom. The highest BCUT2D eigenvalue weighted by molar-refractivity contribution is 6.31. The first-order valence-electron chi connectivity index (χ1n) is 5.15. The van der Waals surface area contributed by atoms with Crippen molar-refractivity contribution in [2.45, 2.75) is 33.0 Å². The number of hydrogen-bond donors (Lipinski definition) is 1. The topological polar surface area (TPSA) is 26.0 Å². The van der Waals surface area contributed by atoms with E-state index >= 15 is 0 Å². The molecule has 1 nitrogen and oxygen atoms in total. The minimum atomic E-state index is -4.45. The van der Waals surface area contributed by atoms with Gasteiger partial charge in [-0.2, -0.15) is 13.2 Å². The molecule has 0 aliphatic rings. The molecule has 0 aliphatic carbocycles. The van der Waals surface area contributed by atoms with Gasteiger partial charge in [0.25, 0.3) is 0 Å². The zero-order chi connectivity index (χ0) is 13.4. The van der Waals surface area contributed by atoms with Crippen molar-refractivity contribution in [1.29, 1.82) is 0 Å². The molecule has 2 N–H and O–H groups in total. The summed E-state index contributed by atoms with van der Waals surface area (Å²) in [6.07, 6.45) is -4.45. The molecule has 0 amide bonds. The van der Waals surface area contributed by atoms with E-state index in [1.807, 2.05) is 20.8 Å². The summed E-state index contributed by atoms with van der Waals surface area (Å²) >= 11 is 5.54. The van der Waals surface area contributed by atoms with E-state index < -0.39 is 17.8 Å². The van der Waals surface area contributed by atoms with E-state index in [0.717, 1.165) is 6.07 Å². The van der Waals surface area contributed by atoms with Crippen molar-refractivity contribution in [3.05, 3.63) is 34.3 Å². The van der Waals surface area contributed by atoms with Crippen molar-refractivity contribution in [1.82, 2.24) is 0 Å². The number of rotatable bonds is 1. The maximum atomic E-state index is 12.7. The Morgan fingerprint density at radius 2 is 1.71 bits per heavy atom. The third-order valence-corrected chi connectivity index (χ3v) is 2.92. The van der Waals surface area contributed by atoms with E-state index in [0.29, 0.717) is 5.56 Å². The van der Waals surface area contributed by atoms with Crippen LogP contribution < -0.4 is 5.73 Å². The summed E-state index contributed by atoms with van der Waals surface area (Å²) in [4.78, 5) is 0. The van der Waals surface area contributed by atoms with E-state index in [1.165, 1.54) is 12.1 Å². The van der Waals surface area contributed by atoms with E-state index in [2.05, 4.69) is 0 Å². The van der Waals surface area contributed by atoms with Crippen molar-refractivity contribution < 1.29 is 13.2 Å². The van der Waals surface area contributed by atoms with Crippen molar-refractivity contribution >= 4 is 11.6 Å². The van der Waals surface area contributed by atoms with Gasteiger partial charge in [-0.3, -0.25) is 0 Å². The van der Waals surface area contributed by atoms with Gasteiger partial charge in [0.05, 0.1) is 10.6 Å². The maximum Gasteiger partial charge on any atom is 0.417 e. The molecular weight excluding hydrogens is 251 g/mol. The van der Waals surface area contributed by atoms with E-state index in [4.69, 9.17) is 17.3 Å². The number of nitrogens with two attached hydrogens (primary N) is 1. The predicted molar refractivity (Wildman–Crippen MR) is 62.8 cm³/mol. The quantitative estimate of drug-likeness (QED) is 0.800. The van der Waals surface area contributed by atoms with Gasteiger partial charge in [-0.1, -0.05) is 38.4 Å². The molecule has 0 saturated heterocycles. The zero-order valence-corrected chi connectivity index (χ0v) is 10.7. The van der Waals surface area contributed by atoms with Gasteiger partial charge in [0.1, 0.15) is 0 Å². The second-order valence-electron chi connectivity index (χ2n) is 5.08. The van der Waals surface area contributed by atoms with Crippen LogP contribution >= 0.6 is 11.6 Å². The molecule has 0 bridgehead atoms. The molecule has 1 rings (SSSR count). The average Bonchev–Trinajstić information content (AvgIpc) is 2.14. The molecule has 96 valence electrons. The van der Waals surface area contributed by atoms with E-state index in [1.54, 1.807) is 0 Å². The number of benzene rings is 1. The molecule has 0 spiro atoms. The van der Waals surface area contributed by atoms with E-state index in [9.17, 15) is 13.2 Å². The molecule has 1 aromatic rings. The smallest absolute Gasteiger partial charge is 0.324 e. The van der Waals surface area contributed by atoms with Gasteiger partial charge in [-0.15, -0.1) is 0 Å². The Balaban J connectivity index is 3.23. The second-order valence-corrected chi connectivity index (χ2v) is 5.49. The Morgan fingerprint density at radius 1 is 1.18 bits per heavy atom.